The second-order valence-electron chi connectivity index (χ2n) is 5.62. The zero-order chi connectivity index (χ0) is 17.1. The summed E-state index contributed by atoms with van der Waals surface area (Å²) in [5.41, 5.74) is 1.56. The maximum absolute atomic E-state index is 13.0. The number of hydrogen-bond acceptors (Lipinski definition) is 2. The van der Waals surface area contributed by atoms with Crippen molar-refractivity contribution in [3.8, 4) is 0 Å². The topological polar surface area (TPSA) is 49.4 Å². The van der Waals surface area contributed by atoms with Gasteiger partial charge in [-0.1, -0.05) is 34.1 Å². The van der Waals surface area contributed by atoms with Crippen molar-refractivity contribution in [1.82, 2.24) is 5.32 Å². The Morgan fingerprint density at radius 2 is 1.92 bits per heavy atom. The van der Waals surface area contributed by atoms with Gasteiger partial charge in [0.05, 0.1) is 0 Å². The molecule has 24 heavy (non-hydrogen) atoms. The summed E-state index contributed by atoms with van der Waals surface area (Å²) in [5.74, 6) is -1.57. The van der Waals surface area contributed by atoms with Crippen molar-refractivity contribution in [3.05, 3.63) is 64.4 Å². The Labute approximate surface area is 147 Å². The molecule has 1 atom stereocenters. The van der Waals surface area contributed by atoms with Gasteiger partial charge in [-0.05, 0) is 42.3 Å². The molecule has 1 saturated heterocycles. The molecule has 0 aliphatic carbocycles. The summed E-state index contributed by atoms with van der Waals surface area (Å²) in [7, 11) is 0. The second-order valence-corrected chi connectivity index (χ2v) is 6.47. The van der Waals surface area contributed by atoms with Crippen LogP contribution in [0.25, 0.3) is 0 Å². The van der Waals surface area contributed by atoms with Crippen molar-refractivity contribution in [2.45, 2.75) is 13.0 Å². The second kappa shape index (κ2) is 7.13. The zero-order valence-electron chi connectivity index (χ0n) is 12.8. The van der Waals surface area contributed by atoms with Crippen LogP contribution in [0.2, 0.25) is 0 Å². The largest absolute Gasteiger partial charge is 0.351 e. The predicted molar refractivity (Wildman–Crippen MR) is 92.8 cm³/mol. The van der Waals surface area contributed by atoms with Crippen LogP contribution in [0.15, 0.2) is 53.0 Å². The van der Waals surface area contributed by atoms with Crippen LogP contribution in [0, 0.1) is 11.7 Å². The van der Waals surface area contributed by atoms with Crippen molar-refractivity contribution < 1.29 is 14.0 Å². The zero-order valence-corrected chi connectivity index (χ0v) is 14.4. The van der Waals surface area contributed by atoms with Crippen LogP contribution in [0.5, 0.6) is 0 Å². The van der Waals surface area contributed by atoms with Crippen LogP contribution in [-0.2, 0) is 16.1 Å². The number of carbonyl (C=O) groups is 2. The summed E-state index contributed by atoms with van der Waals surface area (Å²) < 4.78 is 13.9. The van der Waals surface area contributed by atoms with E-state index < -0.39 is 5.92 Å². The molecule has 2 aromatic carbocycles. The van der Waals surface area contributed by atoms with E-state index in [1.807, 2.05) is 24.3 Å². The van der Waals surface area contributed by atoms with E-state index in [1.54, 1.807) is 12.1 Å². The van der Waals surface area contributed by atoms with Gasteiger partial charge in [0.25, 0.3) is 0 Å². The van der Waals surface area contributed by atoms with E-state index in [1.165, 1.54) is 17.0 Å². The number of anilines is 1. The number of carbonyl (C=O) groups excluding carboxylic acids is 2. The van der Waals surface area contributed by atoms with Gasteiger partial charge in [-0.2, -0.15) is 0 Å². The number of hydrogen-bond donors (Lipinski definition) is 1. The molecule has 0 radical (unpaired) electrons. The van der Waals surface area contributed by atoms with E-state index in [-0.39, 0.29) is 17.6 Å². The minimum Gasteiger partial charge on any atom is -0.351 e. The molecule has 6 heteroatoms. The molecule has 3 rings (SSSR count). The molecular formula is C18H16BrFN2O2. The third kappa shape index (κ3) is 3.48. The summed E-state index contributed by atoms with van der Waals surface area (Å²) >= 11 is 3.43. The van der Waals surface area contributed by atoms with Crippen molar-refractivity contribution >= 4 is 33.4 Å². The summed E-state index contributed by atoms with van der Waals surface area (Å²) in [5, 5.41) is 2.82. The highest BCUT2D eigenvalue weighted by molar-refractivity contribution is 9.10. The van der Waals surface area contributed by atoms with E-state index in [9.17, 15) is 14.0 Å². The Morgan fingerprint density at radius 1 is 1.21 bits per heavy atom. The minimum atomic E-state index is -0.697. The number of benzene rings is 2. The monoisotopic (exact) mass is 390 g/mol. The number of nitrogens with one attached hydrogen (secondary N) is 1. The van der Waals surface area contributed by atoms with Gasteiger partial charge in [-0.3, -0.25) is 9.59 Å². The van der Waals surface area contributed by atoms with Gasteiger partial charge in [0.15, 0.2) is 0 Å². The van der Waals surface area contributed by atoms with Gasteiger partial charge < -0.3 is 10.2 Å². The molecule has 1 N–H and O–H groups in total. The quantitative estimate of drug-likeness (QED) is 0.814. The van der Waals surface area contributed by atoms with Gasteiger partial charge in [-0.15, -0.1) is 0 Å². The van der Waals surface area contributed by atoms with Gasteiger partial charge in [0, 0.05) is 23.2 Å². The molecule has 124 valence electrons. The molecule has 2 amide bonds. The molecule has 0 bridgehead atoms. The van der Waals surface area contributed by atoms with Crippen molar-refractivity contribution in [2.75, 3.05) is 11.4 Å². The van der Waals surface area contributed by atoms with Crippen LogP contribution in [0.4, 0.5) is 10.1 Å². The molecule has 2 aromatic rings. The van der Waals surface area contributed by atoms with Gasteiger partial charge in [-0.25, -0.2) is 4.39 Å². The highest BCUT2D eigenvalue weighted by Gasteiger charge is 2.37. The van der Waals surface area contributed by atoms with E-state index in [0.29, 0.717) is 25.2 Å². The molecule has 4 nitrogen and oxygen atoms in total. The van der Waals surface area contributed by atoms with E-state index in [2.05, 4.69) is 21.2 Å². The molecule has 0 spiro atoms. The molecule has 0 saturated carbocycles. The van der Waals surface area contributed by atoms with E-state index in [0.717, 1.165) is 10.0 Å². The normalized spacial score (nSPS) is 17.2. The van der Waals surface area contributed by atoms with Gasteiger partial charge in [0.2, 0.25) is 11.8 Å². The Kier molecular flexibility index (Phi) is 4.94. The first-order chi connectivity index (χ1) is 11.6. The maximum Gasteiger partial charge on any atom is 0.239 e. The molecule has 1 aliphatic rings. The third-order valence-corrected chi connectivity index (χ3v) is 4.84. The lowest BCUT2D eigenvalue weighted by Gasteiger charge is -2.16. The minimum absolute atomic E-state index is 0.244. The number of halogens is 2. The molecule has 1 heterocycles. The number of nitrogens with zero attached hydrogens (tertiary/aromatic N) is 1. The first-order valence-electron chi connectivity index (χ1n) is 7.64. The summed E-state index contributed by atoms with van der Waals surface area (Å²) in [4.78, 5) is 26.3. The predicted octanol–water partition coefficient (Wildman–Crippen LogP) is 3.26. The Hall–Kier alpha value is -2.21. The lowest BCUT2D eigenvalue weighted by molar-refractivity contribution is -0.132. The van der Waals surface area contributed by atoms with Crippen LogP contribution in [0.1, 0.15) is 12.0 Å². The first-order valence-corrected chi connectivity index (χ1v) is 8.43. The van der Waals surface area contributed by atoms with Gasteiger partial charge >= 0.3 is 0 Å². The van der Waals surface area contributed by atoms with Crippen LogP contribution < -0.4 is 10.2 Å². The fourth-order valence-electron chi connectivity index (χ4n) is 2.75. The highest BCUT2D eigenvalue weighted by Crippen LogP contribution is 2.25. The first kappa shape index (κ1) is 16.6. The van der Waals surface area contributed by atoms with E-state index in [4.69, 9.17) is 0 Å². The average molecular weight is 391 g/mol. The van der Waals surface area contributed by atoms with E-state index >= 15 is 0 Å². The van der Waals surface area contributed by atoms with Crippen LogP contribution >= 0.6 is 15.9 Å². The SMILES string of the molecule is O=C(NCc1ccccc1Br)[C@H]1CCN(c2ccc(F)cc2)C1=O. The van der Waals surface area contributed by atoms with Crippen molar-refractivity contribution in [1.29, 1.82) is 0 Å². The standard InChI is InChI=1S/C18H16BrFN2O2/c19-16-4-2-1-3-12(16)11-21-17(23)15-9-10-22(18(15)24)14-7-5-13(20)6-8-14/h1-8,15H,9-11H2,(H,21,23)/t15-/m1/s1. The summed E-state index contributed by atoms with van der Waals surface area (Å²) in [6.45, 7) is 0.818. The van der Waals surface area contributed by atoms with Crippen molar-refractivity contribution in [3.63, 3.8) is 0 Å². The molecular weight excluding hydrogens is 375 g/mol. The lowest BCUT2D eigenvalue weighted by atomic mass is 10.1. The summed E-state index contributed by atoms with van der Waals surface area (Å²) in [6.07, 6.45) is 0.456. The fraction of sp³-hybridized carbons (Fsp3) is 0.222. The highest BCUT2D eigenvalue weighted by atomic mass is 79.9. The number of amides is 2. The lowest BCUT2D eigenvalue weighted by Crippen LogP contribution is -2.36. The smallest absolute Gasteiger partial charge is 0.239 e. The molecule has 0 unspecified atom stereocenters. The van der Waals surface area contributed by atoms with Gasteiger partial charge in [0.1, 0.15) is 11.7 Å². The number of rotatable bonds is 4. The van der Waals surface area contributed by atoms with Crippen LogP contribution in [0.3, 0.4) is 0 Å². The molecule has 1 aliphatic heterocycles. The van der Waals surface area contributed by atoms with Crippen LogP contribution in [-0.4, -0.2) is 18.4 Å². The average Bonchev–Trinajstić information content (AvgIpc) is 2.96. The molecule has 0 aromatic heterocycles. The Bertz CT molecular complexity index is 764. The van der Waals surface area contributed by atoms with Crippen molar-refractivity contribution in [2.24, 2.45) is 5.92 Å². The Morgan fingerprint density at radius 3 is 2.62 bits per heavy atom. The Balaban J connectivity index is 1.63. The fourth-order valence-corrected chi connectivity index (χ4v) is 3.17. The third-order valence-electron chi connectivity index (χ3n) is 4.07. The maximum atomic E-state index is 13.0. The summed E-state index contributed by atoms with van der Waals surface area (Å²) in [6, 6.07) is 13.3. The molecule has 1 fully saturated rings.